The van der Waals surface area contributed by atoms with Gasteiger partial charge in [0, 0.05) is 12.1 Å². The standard InChI is InChI=1S/C8H17NO3/c1-3-5-7(11)8(12)6(10)4(2)9-5/h4-12H,3H2,1-2H3/t4-,5-,6+,7-,8-/m1/s1. The highest BCUT2D eigenvalue weighted by atomic mass is 16.4. The highest BCUT2D eigenvalue weighted by molar-refractivity contribution is 4.95. The molecule has 1 rings (SSSR count). The molecule has 0 aliphatic carbocycles. The molecule has 1 aliphatic heterocycles. The third-order valence-electron chi connectivity index (χ3n) is 2.54. The summed E-state index contributed by atoms with van der Waals surface area (Å²) < 4.78 is 0. The zero-order valence-corrected chi connectivity index (χ0v) is 7.44. The van der Waals surface area contributed by atoms with Crippen LogP contribution in [0.15, 0.2) is 0 Å². The number of aliphatic hydroxyl groups excluding tert-OH is 3. The molecule has 0 radical (unpaired) electrons. The van der Waals surface area contributed by atoms with Crippen molar-refractivity contribution in [1.29, 1.82) is 0 Å². The second-order valence-corrected chi connectivity index (χ2v) is 3.44. The Bertz CT molecular complexity index is 148. The number of aliphatic hydroxyl groups is 3. The van der Waals surface area contributed by atoms with Crippen LogP contribution in [-0.4, -0.2) is 45.7 Å². The summed E-state index contributed by atoms with van der Waals surface area (Å²) in [6.45, 7) is 3.72. The highest BCUT2D eigenvalue weighted by Gasteiger charge is 2.39. The molecule has 0 aromatic heterocycles. The van der Waals surface area contributed by atoms with E-state index in [-0.39, 0.29) is 12.1 Å². The molecule has 0 unspecified atom stereocenters. The van der Waals surface area contributed by atoms with Crippen LogP contribution in [0.25, 0.3) is 0 Å². The van der Waals surface area contributed by atoms with Gasteiger partial charge in [0.1, 0.15) is 6.10 Å². The van der Waals surface area contributed by atoms with Gasteiger partial charge >= 0.3 is 0 Å². The van der Waals surface area contributed by atoms with Crippen molar-refractivity contribution in [2.45, 2.75) is 50.7 Å². The summed E-state index contributed by atoms with van der Waals surface area (Å²) >= 11 is 0. The molecule has 0 aromatic rings. The van der Waals surface area contributed by atoms with Crippen LogP contribution in [0.3, 0.4) is 0 Å². The lowest BCUT2D eigenvalue weighted by atomic mass is 9.90. The normalized spacial score (nSPS) is 49.2. The minimum Gasteiger partial charge on any atom is -0.389 e. The van der Waals surface area contributed by atoms with Gasteiger partial charge in [-0.3, -0.25) is 0 Å². The first-order valence-corrected chi connectivity index (χ1v) is 4.38. The Labute approximate surface area is 72.2 Å². The van der Waals surface area contributed by atoms with Gasteiger partial charge in [0.05, 0.1) is 12.2 Å². The van der Waals surface area contributed by atoms with Gasteiger partial charge in [-0.05, 0) is 13.3 Å². The second-order valence-electron chi connectivity index (χ2n) is 3.44. The molecule has 4 heteroatoms. The van der Waals surface area contributed by atoms with Crippen molar-refractivity contribution in [2.24, 2.45) is 0 Å². The first kappa shape index (κ1) is 9.92. The van der Waals surface area contributed by atoms with E-state index in [4.69, 9.17) is 0 Å². The molecule has 5 atom stereocenters. The molecule has 1 fully saturated rings. The van der Waals surface area contributed by atoms with Crippen molar-refractivity contribution < 1.29 is 15.3 Å². The topological polar surface area (TPSA) is 72.7 Å². The lowest BCUT2D eigenvalue weighted by Crippen LogP contribution is -2.63. The third kappa shape index (κ3) is 1.61. The predicted molar refractivity (Wildman–Crippen MR) is 44.7 cm³/mol. The van der Waals surface area contributed by atoms with Gasteiger partial charge in [0.25, 0.3) is 0 Å². The van der Waals surface area contributed by atoms with E-state index >= 15 is 0 Å². The molecule has 0 bridgehead atoms. The van der Waals surface area contributed by atoms with Crippen molar-refractivity contribution in [3.63, 3.8) is 0 Å². The van der Waals surface area contributed by atoms with Crippen LogP contribution in [0.5, 0.6) is 0 Å². The largest absolute Gasteiger partial charge is 0.389 e. The smallest absolute Gasteiger partial charge is 0.109 e. The minimum atomic E-state index is -1.02. The van der Waals surface area contributed by atoms with Crippen LogP contribution in [0.4, 0.5) is 0 Å². The first-order chi connectivity index (χ1) is 5.57. The number of hydrogen-bond donors (Lipinski definition) is 4. The van der Waals surface area contributed by atoms with Gasteiger partial charge < -0.3 is 20.6 Å². The summed E-state index contributed by atoms with van der Waals surface area (Å²) in [7, 11) is 0. The Hall–Kier alpha value is -0.160. The van der Waals surface area contributed by atoms with E-state index in [1.54, 1.807) is 6.92 Å². The Morgan fingerprint density at radius 2 is 1.67 bits per heavy atom. The molecule has 1 aliphatic rings. The molecule has 0 saturated carbocycles. The van der Waals surface area contributed by atoms with E-state index in [0.29, 0.717) is 0 Å². The van der Waals surface area contributed by atoms with Crippen molar-refractivity contribution in [1.82, 2.24) is 5.32 Å². The molecule has 4 nitrogen and oxygen atoms in total. The zero-order valence-electron chi connectivity index (χ0n) is 7.44. The molecular weight excluding hydrogens is 158 g/mol. The lowest BCUT2D eigenvalue weighted by Gasteiger charge is -2.40. The molecule has 72 valence electrons. The summed E-state index contributed by atoms with van der Waals surface area (Å²) in [4.78, 5) is 0. The number of rotatable bonds is 1. The summed E-state index contributed by atoms with van der Waals surface area (Å²) in [5.41, 5.74) is 0. The van der Waals surface area contributed by atoms with Crippen LogP contribution in [0.2, 0.25) is 0 Å². The third-order valence-corrected chi connectivity index (χ3v) is 2.54. The van der Waals surface area contributed by atoms with E-state index in [9.17, 15) is 15.3 Å². The van der Waals surface area contributed by atoms with E-state index in [2.05, 4.69) is 5.32 Å². The van der Waals surface area contributed by atoms with Crippen molar-refractivity contribution in [3.05, 3.63) is 0 Å². The van der Waals surface area contributed by atoms with Gasteiger partial charge in [-0.2, -0.15) is 0 Å². The van der Waals surface area contributed by atoms with Gasteiger partial charge in [-0.25, -0.2) is 0 Å². The van der Waals surface area contributed by atoms with Crippen LogP contribution in [-0.2, 0) is 0 Å². The average molecular weight is 175 g/mol. The fraction of sp³-hybridized carbons (Fsp3) is 1.00. The molecule has 1 heterocycles. The molecule has 0 aromatic carbocycles. The molecule has 4 N–H and O–H groups in total. The van der Waals surface area contributed by atoms with E-state index in [1.165, 1.54) is 0 Å². The summed E-state index contributed by atoms with van der Waals surface area (Å²) in [5, 5.41) is 31.2. The average Bonchev–Trinajstić information content (AvgIpc) is 2.08. The first-order valence-electron chi connectivity index (χ1n) is 4.38. The predicted octanol–water partition coefficient (Wildman–Crippen LogP) is -1.16. The van der Waals surface area contributed by atoms with Gasteiger partial charge in [0.15, 0.2) is 0 Å². The minimum absolute atomic E-state index is 0.113. The second kappa shape index (κ2) is 3.70. The van der Waals surface area contributed by atoms with Crippen molar-refractivity contribution in [3.8, 4) is 0 Å². The summed E-state index contributed by atoms with van der Waals surface area (Å²) in [6.07, 6.45) is -2.01. The Kier molecular flexibility index (Phi) is 3.06. The molecule has 0 spiro atoms. The van der Waals surface area contributed by atoms with Crippen LogP contribution in [0.1, 0.15) is 20.3 Å². The van der Waals surface area contributed by atoms with E-state index < -0.39 is 18.3 Å². The fourth-order valence-corrected chi connectivity index (χ4v) is 1.63. The summed E-state index contributed by atoms with van der Waals surface area (Å²) in [5.74, 6) is 0. The lowest BCUT2D eigenvalue weighted by molar-refractivity contribution is -0.110. The summed E-state index contributed by atoms with van der Waals surface area (Å²) in [6, 6.07) is -0.272. The molecular formula is C8H17NO3. The Morgan fingerprint density at radius 3 is 2.17 bits per heavy atom. The van der Waals surface area contributed by atoms with Gasteiger partial charge in [0.2, 0.25) is 0 Å². The maximum Gasteiger partial charge on any atom is 0.109 e. The van der Waals surface area contributed by atoms with Crippen LogP contribution < -0.4 is 5.32 Å². The van der Waals surface area contributed by atoms with Crippen molar-refractivity contribution in [2.75, 3.05) is 0 Å². The number of piperidine rings is 1. The van der Waals surface area contributed by atoms with Crippen LogP contribution in [0, 0.1) is 0 Å². The van der Waals surface area contributed by atoms with Crippen molar-refractivity contribution >= 4 is 0 Å². The maximum absolute atomic E-state index is 9.45. The zero-order chi connectivity index (χ0) is 9.30. The SMILES string of the molecule is CC[C@H]1N[C@H](C)[C@H](O)[C@@H](O)[C@@H]1O. The fourth-order valence-electron chi connectivity index (χ4n) is 1.63. The van der Waals surface area contributed by atoms with E-state index in [1.807, 2.05) is 6.92 Å². The molecule has 0 amide bonds. The highest BCUT2D eigenvalue weighted by Crippen LogP contribution is 2.16. The van der Waals surface area contributed by atoms with Gasteiger partial charge in [-0.15, -0.1) is 0 Å². The Balaban J connectivity index is 2.63. The van der Waals surface area contributed by atoms with Crippen LogP contribution >= 0.6 is 0 Å². The maximum atomic E-state index is 9.45. The van der Waals surface area contributed by atoms with Gasteiger partial charge in [-0.1, -0.05) is 6.92 Å². The monoisotopic (exact) mass is 175 g/mol. The number of hydrogen-bond acceptors (Lipinski definition) is 4. The quantitative estimate of drug-likeness (QED) is 0.405. The molecule has 12 heavy (non-hydrogen) atoms. The molecule has 1 saturated heterocycles. The number of nitrogens with one attached hydrogen (secondary N) is 1. The van der Waals surface area contributed by atoms with E-state index in [0.717, 1.165) is 6.42 Å². The Morgan fingerprint density at radius 1 is 1.08 bits per heavy atom.